The van der Waals surface area contributed by atoms with Crippen LogP contribution in [0, 0.1) is 0 Å². The predicted octanol–water partition coefficient (Wildman–Crippen LogP) is 1.73. The van der Waals surface area contributed by atoms with Crippen LogP contribution in [-0.2, 0) is 20.0 Å². The molecule has 1 aliphatic carbocycles. The minimum atomic E-state index is -3.90. The Hall–Kier alpha value is -2.92. The fraction of sp³-hybridized carbons (Fsp3) is 0. The SMILES string of the molecule is NS(=O)(=O)c1cc2c3c(cccc3c1)-c1nc3cc(S(N)(=O)=O)ccc3nc1-2. The molecular formula is C18H12N4O4S2. The molecule has 0 saturated heterocycles. The zero-order chi connectivity index (χ0) is 19.8. The number of sulfonamides is 2. The first-order valence-electron chi connectivity index (χ1n) is 8.08. The van der Waals surface area contributed by atoms with Crippen molar-refractivity contribution in [1.82, 2.24) is 9.97 Å². The maximum atomic E-state index is 11.9. The second-order valence-electron chi connectivity index (χ2n) is 6.54. The number of benzene rings is 3. The summed E-state index contributed by atoms with van der Waals surface area (Å²) in [7, 11) is -7.77. The van der Waals surface area contributed by atoms with Crippen LogP contribution >= 0.6 is 0 Å². The van der Waals surface area contributed by atoms with Crippen molar-refractivity contribution in [1.29, 1.82) is 0 Å². The lowest BCUT2D eigenvalue weighted by molar-refractivity contribution is 0.596. The van der Waals surface area contributed by atoms with Crippen LogP contribution < -0.4 is 10.3 Å². The molecule has 4 aromatic rings. The summed E-state index contributed by atoms with van der Waals surface area (Å²) >= 11 is 0. The van der Waals surface area contributed by atoms with Gasteiger partial charge in [0, 0.05) is 16.5 Å². The quantitative estimate of drug-likeness (QED) is 0.451. The van der Waals surface area contributed by atoms with E-state index in [0.717, 1.165) is 10.9 Å². The summed E-state index contributed by atoms with van der Waals surface area (Å²) in [4.78, 5) is 9.14. The molecule has 0 fully saturated rings. The van der Waals surface area contributed by atoms with E-state index in [9.17, 15) is 16.8 Å². The fourth-order valence-corrected chi connectivity index (χ4v) is 4.64. The molecule has 8 nitrogen and oxygen atoms in total. The van der Waals surface area contributed by atoms with Gasteiger partial charge >= 0.3 is 0 Å². The highest BCUT2D eigenvalue weighted by atomic mass is 32.2. The molecule has 1 aromatic heterocycles. The monoisotopic (exact) mass is 412 g/mol. The molecule has 10 heteroatoms. The molecule has 5 rings (SSSR count). The third-order valence-corrected chi connectivity index (χ3v) is 6.56. The number of nitrogens with zero attached hydrogens (tertiary/aromatic N) is 2. The number of hydrogen-bond donors (Lipinski definition) is 2. The Bertz CT molecular complexity index is 1560. The van der Waals surface area contributed by atoms with Crippen molar-refractivity contribution in [2.75, 3.05) is 0 Å². The first-order chi connectivity index (χ1) is 13.1. The predicted molar refractivity (Wildman–Crippen MR) is 104 cm³/mol. The zero-order valence-electron chi connectivity index (χ0n) is 14.1. The van der Waals surface area contributed by atoms with Crippen molar-refractivity contribution in [3.05, 3.63) is 48.5 Å². The van der Waals surface area contributed by atoms with Crippen LogP contribution in [-0.4, -0.2) is 26.8 Å². The van der Waals surface area contributed by atoms with Crippen LogP contribution in [0.15, 0.2) is 58.3 Å². The lowest BCUT2D eigenvalue weighted by Gasteiger charge is -2.06. The summed E-state index contributed by atoms with van der Waals surface area (Å²) in [5, 5.41) is 12.1. The third-order valence-electron chi connectivity index (χ3n) is 4.75. The number of hydrogen-bond acceptors (Lipinski definition) is 6. The van der Waals surface area contributed by atoms with Gasteiger partial charge in [-0.25, -0.2) is 37.1 Å². The molecule has 0 saturated carbocycles. The smallest absolute Gasteiger partial charge is 0.238 e. The Morgan fingerprint density at radius 3 is 2.07 bits per heavy atom. The topological polar surface area (TPSA) is 146 Å². The van der Waals surface area contributed by atoms with E-state index in [0.29, 0.717) is 33.4 Å². The Kier molecular flexibility index (Phi) is 3.27. The number of nitrogens with two attached hydrogens (primary N) is 2. The molecule has 0 atom stereocenters. The Balaban J connectivity index is 1.88. The van der Waals surface area contributed by atoms with Crippen LogP contribution in [0.4, 0.5) is 0 Å². The van der Waals surface area contributed by atoms with E-state index in [-0.39, 0.29) is 9.79 Å². The lowest BCUT2D eigenvalue weighted by Crippen LogP contribution is -2.12. The summed E-state index contributed by atoms with van der Waals surface area (Å²) < 4.78 is 47.1. The van der Waals surface area contributed by atoms with Gasteiger partial charge in [-0.15, -0.1) is 0 Å². The molecule has 28 heavy (non-hydrogen) atoms. The van der Waals surface area contributed by atoms with Gasteiger partial charge < -0.3 is 0 Å². The number of fused-ring (bicyclic) bond motifs is 4. The summed E-state index contributed by atoms with van der Waals surface area (Å²) in [5.74, 6) is 0. The van der Waals surface area contributed by atoms with E-state index in [1.165, 1.54) is 30.3 Å². The van der Waals surface area contributed by atoms with Crippen molar-refractivity contribution < 1.29 is 16.8 Å². The van der Waals surface area contributed by atoms with Crippen molar-refractivity contribution >= 4 is 41.9 Å². The van der Waals surface area contributed by atoms with Gasteiger partial charge in [-0.2, -0.15) is 0 Å². The maximum Gasteiger partial charge on any atom is 0.238 e. The van der Waals surface area contributed by atoms with E-state index in [4.69, 9.17) is 10.3 Å². The van der Waals surface area contributed by atoms with E-state index in [1.807, 2.05) is 6.07 Å². The highest BCUT2D eigenvalue weighted by Crippen LogP contribution is 2.46. The van der Waals surface area contributed by atoms with Gasteiger partial charge in [0.25, 0.3) is 0 Å². The molecule has 0 radical (unpaired) electrons. The standard InChI is InChI=1S/C18H12N4O4S2/c19-27(23,24)10-4-5-14-15(8-10)22-17-12-3-1-2-9-6-11(28(20,25)26)7-13(16(9)12)18(17)21-14/h1-8H,(H2,19,23,24)(H2,20,25,26). The summed E-state index contributed by atoms with van der Waals surface area (Å²) in [6.07, 6.45) is 0. The highest BCUT2D eigenvalue weighted by molar-refractivity contribution is 7.89. The van der Waals surface area contributed by atoms with Gasteiger partial charge in [-0.3, -0.25) is 0 Å². The molecule has 140 valence electrons. The molecule has 1 heterocycles. The normalized spacial score (nSPS) is 13.2. The summed E-state index contributed by atoms with van der Waals surface area (Å²) in [6, 6.07) is 12.7. The first kappa shape index (κ1) is 17.2. The molecule has 4 N–H and O–H groups in total. The maximum absolute atomic E-state index is 11.9. The number of rotatable bonds is 2. The largest absolute Gasteiger partial charge is 0.244 e. The molecule has 1 aliphatic rings. The summed E-state index contributed by atoms with van der Waals surface area (Å²) in [6.45, 7) is 0. The van der Waals surface area contributed by atoms with Gasteiger partial charge in [0.2, 0.25) is 20.0 Å². The second kappa shape index (κ2) is 5.32. The molecule has 0 bridgehead atoms. The Morgan fingerprint density at radius 2 is 1.36 bits per heavy atom. The molecule has 0 amide bonds. The van der Waals surface area contributed by atoms with Crippen LogP contribution in [0.1, 0.15) is 0 Å². The average Bonchev–Trinajstić information content (AvgIpc) is 2.93. The fourth-order valence-electron chi connectivity index (χ4n) is 3.54. The van der Waals surface area contributed by atoms with Crippen LogP contribution in [0.3, 0.4) is 0 Å². The molecule has 3 aromatic carbocycles. The number of primary sulfonamides is 2. The Morgan fingerprint density at radius 1 is 0.679 bits per heavy atom. The highest BCUT2D eigenvalue weighted by Gasteiger charge is 2.27. The number of aromatic nitrogens is 2. The minimum Gasteiger partial charge on any atom is -0.244 e. The summed E-state index contributed by atoms with van der Waals surface area (Å²) in [5.41, 5.74) is 3.32. The second-order valence-corrected chi connectivity index (χ2v) is 9.66. The van der Waals surface area contributed by atoms with E-state index >= 15 is 0 Å². The minimum absolute atomic E-state index is 0.00790. The molecule has 0 unspecified atom stereocenters. The van der Waals surface area contributed by atoms with Crippen LogP contribution in [0.25, 0.3) is 44.3 Å². The van der Waals surface area contributed by atoms with Gasteiger partial charge in [-0.1, -0.05) is 18.2 Å². The Labute approximate surface area is 159 Å². The van der Waals surface area contributed by atoms with Gasteiger partial charge in [-0.05, 0) is 35.7 Å². The van der Waals surface area contributed by atoms with Gasteiger partial charge in [0.1, 0.15) is 0 Å². The van der Waals surface area contributed by atoms with Crippen LogP contribution in [0.2, 0.25) is 0 Å². The molecular weight excluding hydrogens is 400 g/mol. The van der Waals surface area contributed by atoms with Crippen molar-refractivity contribution in [2.45, 2.75) is 9.79 Å². The third kappa shape index (κ3) is 2.43. The van der Waals surface area contributed by atoms with Gasteiger partial charge in [0.15, 0.2) is 0 Å². The molecule has 0 spiro atoms. The lowest BCUT2D eigenvalue weighted by atomic mass is 10.0. The van der Waals surface area contributed by atoms with Gasteiger partial charge in [0.05, 0.1) is 32.2 Å². The van der Waals surface area contributed by atoms with Crippen molar-refractivity contribution in [3.8, 4) is 22.5 Å². The molecule has 0 aliphatic heterocycles. The van der Waals surface area contributed by atoms with E-state index < -0.39 is 20.0 Å². The average molecular weight is 412 g/mol. The van der Waals surface area contributed by atoms with E-state index in [2.05, 4.69) is 9.97 Å². The van der Waals surface area contributed by atoms with Crippen LogP contribution in [0.5, 0.6) is 0 Å². The zero-order valence-corrected chi connectivity index (χ0v) is 15.8. The van der Waals surface area contributed by atoms with Crippen molar-refractivity contribution in [3.63, 3.8) is 0 Å². The van der Waals surface area contributed by atoms with Crippen molar-refractivity contribution in [2.24, 2.45) is 10.3 Å². The van der Waals surface area contributed by atoms with E-state index in [1.54, 1.807) is 12.1 Å². The first-order valence-corrected chi connectivity index (χ1v) is 11.2.